The Morgan fingerprint density at radius 3 is 2.38 bits per heavy atom. The third-order valence-electron chi connectivity index (χ3n) is 3.19. The number of ether oxygens (including phenoxy) is 2. The van der Waals surface area contributed by atoms with Crippen molar-refractivity contribution >= 4 is 11.6 Å². The van der Waals surface area contributed by atoms with Crippen LogP contribution in [-0.2, 0) is 4.79 Å². The smallest absolute Gasteiger partial charge is 0.387 e. The SMILES string of the molecule is O=C(COc1ccc(-c2nnco2)cc1)Nc1ccc(OC(F)F)cc1. The second-order valence-electron chi connectivity index (χ2n) is 5.01. The number of anilines is 1. The fourth-order valence-electron chi connectivity index (χ4n) is 2.06. The molecular weight excluding hydrogens is 348 g/mol. The highest BCUT2D eigenvalue weighted by Crippen LogP contribution is 2.20. The highest BCUT2D eigenvalue weighted by molar-refractivity contribution is 5.91. The first-order valence-electron chi connectivity index (χ1n) is 7.44. The van der Waals surface area contributed by atoms with E-state index < -0.39 is 12.5 Å². The number of hydrogen-bond acceptors (Lipinski definition) is 6. The van der Waals surface area contributed by atoms with Crippen molar-refractivity contribution in [1.82, 2.24) is 10.2 Å². The number of aromatic nitrogens is 2. The molecule has 3 aromatic rings. The van der Waals surface area contributed by atoms with Crippen LogP contribution in [0.25, 0.3) is 11.5 Å². The lowest BCUT2D eigenvalue weighted by molar-refractivity contribution is -0.118. The summed E-state index contributed by atoms with van der Waals surface area (Å²) in [6.45, 7) is -3.11. The quantitative estimate of drug-likeness (QED) is 0.694. The Labute approximate surface area is 146 Å². The van der Waals surface area contributed by atoms with Crippen LogP contribution in [0.4, 0.5) is 14.5 Å². The summed E-state index contributed by atoms with van der Waals surface area (Å²) < 4.78 is 38.8. The standard InChI is InChI=1S/C17H13F2N3O4/c18-17(19)26-14-7-3-12(4-8-14)21-15(23)9-24-13-5-1-11(2-6-13)16-22-20-10-25-16/h1-8,10,17H,9H2,(H,21,23). The average Bonchev–Trinajstić information content (AvgIpc) is 3.16. The van der Waals surface area contributed by atoms with Gasteiger partial charge in [-0.1, -0.05) is 0 Å². The van der Waals surface area contributed by atoms with Gasteiger partial charge in [0.15, 0.2) is 6.61 Å². The van der Waals surface area contributed by atoms with Gasteiger partial charge in [-0.15, -0.1) is 10.2 Å². The fourth-order valence-corrected chi connectivity index (χ4v) is 2.06. The normalized spacial score (nSPS) is 10.6. The molecule has 0 aliphatic carbocycles. The molecule has 1 N–H and O–H groups in total. The molecule has 0 bridgehead atoms. The van der Waals surface area contributed by atoms with Crippen molar-refractivity contribution in [3.8, 4) is 23.0 Å². The zero-order chi connectivity index (χ0) is 18.4. The minimum absolute atomic E-state index is 0.00980. The van der Waals surface area contributed by atoms with Crippen molar-refractivity contribution in [1.29, 1.82) is 0 Å². The lowest BCUT2D eigenvalue weighted by atomic mass is 10.2. The first kappa shape index (κ1) is 17.3. The van der Waals surface area contributed by atoms with E-state index in [1.807, 2.05) is 0 Å². The molecule has 0 fully saturated rings. The van der Waals surface area contributed by atoms with Gasteiger partial charge in [0.05, 0.1) is 0 Å². The van der Waals surface area contributed by atoms with Crippen molar-refractivity contribution < 1.29 is 27.5 Å². The molecular formula is C17H13F2N3O4. The number of benzene rings is 2. The lowest BCUT2D eigenvalue weighted by Gasteiger charge is -2.09. The van der Waals surface area contributed by atoms with Gasteiger partial charge in [0.2, 0.25) is 12.3 Å². The number of rotatable bonds is 7. The van der Waals surface area contributed by atoms with E-state index in [2.05, 4.69) is 20.3 Å². The number of nitrogens with zero attached hydrogens (tertiary/aromatic N) is 2. The maximum atomic E-state index is 12.1. The Bertz CT molecular complexity index is 837. The summed E-state index contributed by atoms with van der Waals surface area (Å²) in [6.07, 6.45) is 1.23. The summed E-state index contributed by atoms with van der Waals surface area (Å²) in [7, 11) is 0. The molecule has 0 aliphatic rings. The largest absolute Gasteiger partial charge is 0.484 e. The van der Waals surface area contributed by atoms with E-state index in [1.165, 1.54) is 30.7 Å². The van der Waals surface area contributed by atoms with E-state index in [0.717, 1.165) is 5.56 Å². The molecule has 9 heteroatoms. The fraction of sp³-hybridized carbons (Fsp3) is 0.118. The van der Waals surface area contributed by atoms with Gasteiger partial charge < -0.3 is 19.2 Å². The van der Waals surface area contributed by atoms with Crippen LogP contribution >= 0.6 is 0 Å². The lowest BCUT2D eigenvalue weighted by Crippen LogP contribution is -2.20. The Morgan fingerprint density at radius 1 is 1.08 bits per heavy atom. The summed E-state index contributed by atoms with van der Waals surface area (Å²) in [6, 6.07) is 12.4. The van der Waals surface area contributed by atoms with Gasteiger partial charge in [-0.3, -0.25) is 4.79 Å². The van der Waals surface area contributed by atoms with Crippen LogP contribution < -0.4 is 14.8 Å². The maximum absolute atomic E-state index is 12.1. The van der Waals surface area contributed by atoms with Gasteiger partial charge in [-0.05, 0) is 48.5 Å². The summed E-state index contributed by atoms with van der Waals surface area (Å²) in [5.41, 5.74) is 1.16. The second kappa shape index (κ2) is 8.06. The Balaban J connectivity index is 1.49. The molecule has 1 aromatic heterocycles. The van der Waals surface area contributed by atoms with Crippen molar-refractivity contribution in [2.75, 3.05) is 11.9 Å². The van der Waals surface area contributed by atoms with Gasteiger partial charge in [0.1, 0.15) is 11.5 Å². The van der Waals surface area contributed by atoms with Gasteiger partial charge in [-0.25, -0.2) is 0 Å². The van der Waals surface area contributed by atoms with E-state index in [4.69, 9.17) is 9.15 Å². The van der Waals surface area contributed by atoms with Crippen LogP contribution in [0.2, 0.25) is 0 Å². The van der Waals surface area contributed by atoms with Crippen LogP contribution in [0.1, 0.15) is 0 Å². The zero-order valence-electron chi connectivity index (χ0n) is 13.3. The van der Waals surface area contributed by atoms with E-state index in [-0.39, 0.29) is 12.4 Å². The minimum atomic E-state index is -2.89. The molecule has 2 aromatic carbocycles. The van der Waals surface area contributed by atoms with E-state index in [9.17, 15) is 13.6 Å². The topological polar surface area (TPSA) is 86.5 Å². The number of carbonyl (C=O) groups is 1. The van der Waals surface area contributed by atoms with Crippen LogP contribution in [0, 0.1) is 0 Å². The van der Waals surface area contributed by atoms with E-state index in [1.54, 1.807) is 24.3 Å². The number of halogens is 2. The Hall–Kier alpha value is -3.49. The van der Waals surface area contributed by atoms with Gasteiger partial charge >= 0.3 is 6.61 Å². The van der Waals surface area contributed by atoms with Crippen LogP contribution in [0.15, 0.2) is 59.3 Å². The summed E-state index contributed by atoms with van der Waals surface area (Å²) in [5, 5.41) is 9.97. The van der Waals surface area contributed by atoms with Crippen molar-refractivity contribution in [3.63, 3.8) is 0 Å². The van der Waals surface area contributed by atoms with Crippen molar-refractivity contribution in [2.24, 2.45) is 0 Å². The van der Waals surface area contributed by atoms with E-state index in [0.29, 0.717) is 17.3 Å². The molecule has 0 unspecified atom stereocenters. The molecule has 0 saturated heterocycles. The van der Waals surface area contributed by atoms with Crippen molar-refractivity contribution in [3.05, 3.63) is 54.9 Å². The summed E-state index contributed by atoms with van der Waals surface area (Å²) >= 11 is 0. The Kier molecular flexibility index (Phi) is 5.37. The minimum Gasteiger partial charge on any atom is -0.484 e. The predicted octanol–water partition coefficient (Wildman–Crippen LogP) is 3.36. The highest BCUT2D eigenvalue weighted by Gasteiger charge is 2.07. The number of hydrogen-bond donors (Lipinski definition) is 1. The third-order valence-corrected chi connectivity index (χ3v) is 3.19. The molecule has 7 nitrogen and oxygen atoms in total. The van der Waals surface area contributed by atoms with Crippen LogP contribution in [0.3, 0.4) is 0 Å². The van der Waals surface area contributed by atoms with Gasteiger partial charge in [0.25, 0.3) is 5.91 Å². The maximum Gasteiger partial charge on any atom is 0.387 e. The molecule has 134 valence electrons. The molecule has 0 aliphatic heterocycles. The van der Waals surface area contributed by atoms with Crippen LogP contribution in [-0.4, -0.2) is 29.3 Å². The summed E-state index contributed by atoms with van der Waals surface area (Å²) in [4.78, 5) is 11.9. The van der Waals surface area contributed by atoms with Gasteiger partial charge in [0, 0.05) is 11.3 Å². The molecule has 0 atom stereocenters. The molecule has 0 spiro atoms. The first-order valence-corrected chi connectivity index (χ1v) is 7.44. The zero-order valence-corrected chi connectivity index (χ0v) is 13.3. The first-order chi connectivity index (χ1) is 12.6. The molecule has 3 rings (SSSR count). The third kappa shape index (κ3) is 4.76. The molecule has 1 amide bonds. The molecule has 26 heavy (non-hydrogen) atoms. The number of alkyl halides is 2. The van der Waals surface area contributed by atoms with Crippen LogP contribution in [0.5, 0.6) is 11.5 Å². The average molecular weight is 361 g/mol. The molecule has 1 heterocycles. The van der Waals surface area contributed by atoms with Crippen molar-refractivity contribution in [2.45, 2.75) is 6.61 Å². The highest BCUT2D eigenvalue weighted by atomic mass is 19.3. The van der Waals surface area contributed by atoms with E-state index >= 15 is 0 Å². The number of amides is 1. The Morgan fingerprint density at radius 2 is 1.77 bits per heavy atom. The van der Waals surface area contributed by atoms with Gasteiger partial charge in [-0.2, -0.15) is 8.78 Å². The molecule has 0 radical (unpaired) electrons. The number of nitrogens with one attached hydrogen (secondary N) is 1. The summed E-state index contributed by atoms with van der Waals surface area (Å²) in [5.74, 6) is 0.488. The predicted molar refractivity (Wildman–Crippen MR) is 86.9 cm³/mol. The monoisotopic (exact) mass is 361 g/mol. The number of carbonyl (C=O) groups excluding carboxylic acids is 1. The molecule has 0 saturated carbocycles. The second-order valence-corrected chi connectivity index (χ2v) is 5.01.